The molecule has 1 unspecified atom stereocenters. The van der Waals surface area contributed by atoms with Crippen LogP contribution in [0, 0.1) is 0 Å². The predicted octanol–water partition coefficient (Wildman–Crippen LogP) is 3.81. The van der Waals surface area contributed by atoms with Gasteiger partial charge in [-0.15, -0.1) is 0 Å². The third-order valence-electron chi connectivity index (χ3n) is 4.61. The van der Waals surface area contributed by atoms with Crippen molar-refractivity contribution in [2.24, 2.45) is 5.16 Å². The first-order chi connectivity index (χ1) is 11.9. The Morgan fingerprint density at radius 2 is 1.84 bits per heavy atom. The monoisotopic (exact) mass is 406 g/mol. The number of rotatable bonds is 4. The van der Waals surface area contributed by atoms with Crippen LogP contribution in [0.25, 0.3) is 0 Å². The molecule has 1 heterocycles. The smallest absolute Gasteiger partial charge is 0.261 e. The van der Waals surface area contributed by atoms with E-state index in [0.717, 1.165) is 12.8 Å². The second-order valence-corrected chi connectivity index (χ2v) is 7.08. The summed E-state index contributed by atoms with van der Waals surface area (Å²) >= 11 is 3.40. The third kappa shape index (κ3) is 3.20. The van der Waals surface area contributed by atoms with Crippen molar-refractivity contribution >= 4 is 39.1 Å². The number of hydrogen-bond acceptors (Lipinski definition) is 5. The molecule has 0 fully saturated rings. The summed E-state index contributed by atoms with van der Waals surface area (Å²) in [5.74, 6) is 0.0155. The molecule has 1 aromatic rings. The standard InChI is InChI=1S/C18H19BrN2O4/c1-10(20-24)11(2)25-16-9-12(7-8-15(16)19)21-17(22)13-5-3-4-6-14(13)18(21)23/h7-9,11,24H,3-6H2,1-2H3/b20-10-. The highest BCUT2D eigenvalue weighted by atomic mass is 79.9. The summed E-state index contributed by atoms with van der Waals surface area (Å²) in [5.41, 5.74) is 2.20. The quantitative estimate of drug-likeness (QED) is 0.356. The largest absolute Gasteiger partial charge is 0.483 e. The lowest BCUT2D eigenvalue weighted by atomic mass is 9.93. The van der Waals surface area contributed by atoms with E-state index in [1.807, 2.05) is 0 Å². The Morgan fingerprint density at radius 3 is 2.40 bits per heavy atom. The average Bonchev–Trinajstić information content (AvgIpc) is 2.87. The highest BCUT2D eigenvalue weighted by Gasteiger charge is 2.39. The zero-order valence-corrected chi connectivity index (χ0v) is 15.7. The van der Waals surface area contributed by atoms with Crippen molar-refractivity contribution in [3.63, 3.8) is 0 Å². The van der Waals surface area contributed by atoms with Crippen molar-refractivity contribution in [3.8, 4) is 5.75 Å². The van der Waals surface area contributed by atoms with Gasteiger partial charge in [0.05, 0.1) is 15.9 Å². The molecule has 1 aliphatic heterocycles. The minimum Gasteiger partial charge on any atom is -0.483 e. The van der Waals surface area contributed by atoms with Gasteiger partial charge in [0.1, 0.15) is 11.9 Å². The number of hydrogen-bond donors (Lipinski definition) is 1. The van der Waals surface area contributed by atoms with Crippen molar-refractivity contribution in [2.45, 2.75) is 45.6 Å². The maximum absolute atomic E-state index is 12.7. The molecule has 1 aromatic carbocycles. The van der Waals surface area contributed by atoms with E-state index in [4.69, 9.17) is 9.94 Å². The first-order valence-electron chi connectivity index (χ1n) is 8.19. The van der Waals surface area contributed by atoms with Crippen molar-refractivity contribution in [1.29, 1.82) is 0 Å². The van der Waals surface area contributed by atoms with Gasteiger partial charge in [0, 0.05) is 17.2 Å². The maximum atomic E-state index is 12.7. The lowest BCUT2D eigenvalue weighted by molar-refractivity contribution is -0.120. The zero-order chi connectivity index (χ0) is 18.1. The van der Waals surface area contributed by atoms with Crippen LogP contribution in [0.5, 0.6) is 5.75 Å². The lowest BCUT2D eigenvalue weighted by Crippen LogP contribution is -2.31. The van der Waals surface area contributed by atoms with Crippen LogP contribution in [0.4, 0.5) is 5.69 Å². The number of halogens is 1. The summed E-state index contributed by atoms with van der Waals surface area (Å²) in [6.45, 7) is 3.40. The van der Waals surface area contributed by atoms with Crippen LogP contribution in [0.2, 0.25) is 0 Å². The van der Waals surface area contributed by atoms with Crippen molar-refractivity contribution < 1.29 is 19.5 Å². The van der Waals surface area contributed by atoms with E-state index in [-0.39, 0.29) is 11.8 Å². The first kappa shape index (κ1) is 17.7. The Balaban J connectivity index is 1.90. The number of imide groups is 1. The molecule has 2 amide bonds. The van der Waals surface area contributed by atoms with Crippen molar-refractivity contribution in [3.05, 3.63) is 33.8 Å². The van der Waals surface area contributed by atoms with Gasteiger partial charge in [0.15, 0.2) is 0 Å². The summed E-state index contributed by atoms with van der Waals surface area (Å²) in [5, 5.41) is 12.0. The molecule has 1 atom stereocenters. The van der Waals surface area contributed by atoms with E-state index in [1.54, 1.807) is 32.0 Å². The van der Waals surface area contributed by atoms with Crippen molar-refractivity contribution in [1.82, 2.24) is 0 Å². The van der Waals surface area contributed by atoms with Crippen LogP contribution in [0.15, 0.2) is 39.0 Å². The van der Waals surface area contributed by atoms with Gasteiger partial charge in [0.25, 0.3) is 11.8 Å². The van der Waals surface area contributed by atoms with Crippen molar-refractivity contribution in [2.75, 3.05) is 4.90 Å². The number of carbonyl (C=O) groups is 2. The molecule has 132 valence electrons. The summed E-state index contributed by atoms with van der Waals surface area (Å²) < 4.78 is 6.47. The molecule has 7 heteroatoms. The molecule has 0 aromatic heterocycles. The van der Waals surface area contributed by atoms with E-state index in [1.165, 1.54) is 4.90 Å². The predicted molar refractivity (Wildman–Crippen MR) is 97.1 cm³/mol. The highest BCUT2D eigenvalue weighted by molar-refractivity contribution is 9.10. The molecule has 0 spiro atoms. The van der Waals surface area contributed by atoms with E-state index in [9.17, 15) is 9.59 Å². The molecule has 1 aliphatic carbocycles. The van der Waals surface area contributed by atoms with E-state index in [0.29, 0.717) is 45.6 Å². The fraction of sp³-hybridized carbons (Fsp3) is 0.389. The minimum atomic E-state index is -0.451. The number of anilines is 1. The Labute approximate surface area is 154 Å². The van der Waals surface area contributed by atoms with Crippen LogP contribution in [0.1, 0.15) is 39.5 Å². The van der Waals surface area contributed by atoms with E-state index >= 15 is 0 Å². The minimum absolute atomic E-state index is 0.228. The van der Waals surface area contributed by atoms with Crippen LogP contribution >= 0.6 is 15.9 Å². The molecule has 0 saturated heterocycles. The molecule has 1 N–H and O–H groups in total. The highest BCUT2D eigenvalue weighted by Crippen LogP contribution is 2.38. The number of ether oxygens (including phenoxy) is 1. The van der Waals surface area contributed by atoms with Crippen LogP contribution in [-0.4, -0.2) is 28.8 Å². The van der Waals surface area contributed by atoms with Gasteiger partial charge >= 0.3 is 0 Å². The summed E-state index contributed by atoms with van der Waals surface area (Å²) in [4.78, 5) is 26.6. The van der Waals surface area contributed by atoms with E-state index in [2.05, 4.69) is 21.1 Å². The topological polar surface area (TPSA) is 79.2 Å². The second-order valence-electron chi connectivity index (χ2n) is 6.23. The lowest BCUT2D eigenvalue weighted by Gasteiger charge is -2.19. The molecule has 2 aliphatic rings. The van der Waals surface area contributed by atoms with Gasteiger partial charge < -0.3 is 9.94 Å². The SMILES string of the molecule is C/C(=N/O)C(C)Oc1cc(N2C(=O)C3=C(CCCC3)C2=O)ccc1Br. The zero-order valence-electron chi connectivity index (χ0n) is 14.1. The number of benzene rings is 1. The molecule has 0 bridgehead atoms. The molecular weight excluding hydrogens is 388 g/mol. The molecular formula is C18H19BrN2O4. The number of carbonyl (C=O) groups excluding carboxylic acids is 2. The number of nitrogens with zero attached hydrogens (tertiary/aromatic N) is 2. The Bertz CT molecular complexity index is 772. The Kier molecular flexibility index (Phi) is 4.94. The van der Waals surface area contributed by atoms with Gasteiger partial charge in [-0.05, 0) is 67.6 Å². The van der Waals surface area contributed by atoms with Crippen LogP contribution in [-0.2, 0) is 9.59 Å². The van der Waals surface area contributed by atoms with Gasteiger partial charge in [-0.1, -0.05) is 5.16 Å². The van der Waals surface area contributed by atoms with Crippen LogP contribution in [0.3, 0.4) is 0 Å². The third-order valence-corrected chi connectivity index (χ3v) is 5.27. The molecule has 0 saturated carbocycles. The van der Waals surface area contributed by atoms with Gasteiger partial charge in [0.2, 0.25) is 0 Å². The summed E-state index contributed by atoms with van der Waals surface area (Å²) in [7, 11) is 0. The van der Waals surface area contributed by atoms with Gasteiger partial charge in [-0.3, -0.25) is 9.59 Å². The Morgan fingerprint density at radius 1 is 1.24 bits per heavy atom. The van der Waals surface area contributed by atoms with Crippen LogP contribution < -0.4 is 9.64 Å². The fourth-order valence-corrected chi connectivity index (χ4v) is 3.39. The molecule has 25 heavy (non-hydrogen) atoms. The Hall–Kier alpha value is -2.15. The summed E-state index contributed by atoms with van der Waals surface area (Å²) in [6.07, 6.45) is 2.77. The fourth-order valence-electron chi connectivity index (χ4n) is 3.05. The molecule has 6 nitrogen and oxygen atoms in total. The number of amides is 2. The number of oxime groups is 1. The van der Waals surface area contributed by atoms with Gasteiger partial charge in [-0.2, -0.15) is 0 Å². The average molecular weight is 407 g/mol. The second kappa shape index (κ2) is 7.00. The summed E-state index contributed by atoms with van der Waals surface area (Å²) in [6, 6.07) is 5.10. The maximum Gasteiger partial charge on any atom is 0.261 e. The van der Waals surface area contributed by atoms with E-state index < -0.39 is 6.10 Å². The molecule has 0 radical (unpaired) electrons. The first-order valence-corrected chi connectivity index (χ1v) is 8.99. The van der Waals surface area contributed by atoms with Gasteiger partial charge in [-0.25, -0.2) is 4.90 Å². The normalized spacial score (nSPS) is 19.3. The molecule has 3 rings (SSSR count).